The van der Waals surface area contributed by atoms with Gasteiger partial charge in [0, 0.05) is 5.69 Å². The highest BCUT2D eigenvalue weighted by Crippen LogP contribution is 2.15. The fraction of sp³-hybridized carbons (Fsp3) is 0.143. The number of carbonyl (C=O) groups excluding carboxylic acids is 2. The van der Waals surface area contributed by atoms with Crippen LogP contribution in [-0.4, -0.2) is 18.5 Å². The van der Waals surface area contributed by atoms with Crippen LogP contribution in [0.5, 0.6) is 0 Å². The third-order valence-electron chi connectivity index (χ3n) is 2.56. The van der Waals surface area contributed by atoms with Gasteiger partial charge < -0.3 is 14.5 Å². The van der Waals surface area contributed by atoms with Gasteiger partial charge in [-0.05, 0) is 52.7 Å². The minimum absolute atomic E-state index is 0.0175. The second kappa shape index (κ2) is 6.53. The maximum absolute atomic E-state index is 13.3. The zero-order valence-electron chi connectivity index (χ0n) is 11.0. The Morgan fingerprint density at radius 1 is 1.33 bits per heavy atom. The van der Waals surface area contributed by atoms with E-state index in [1.165, 1.54) is 24.3 Å². The normalized spacial score (nSPS) is 10.2. The molecule has 0 aliphatic rings. The first-order valence-corrected chi connectivity index (χ1v) is 6.73. The molecular formula is C14H11BrFNO4. The molecule has 7 heteroatoms. The lowest BCUT2D eigenvalue weighted by Crippen LogP contribution is -2.20. The monoisotopic (exact) mass is 355 g/mol. The maximum atomic E-state index is 13.3. The van der Waals surface area contributed by atoms with Crippen LogP contribution in [0.15, 0.2) is 39.4 Å². The Hall–Kier alpha value is -2.15. The summed E-state index contributed by atoms with van der Waals surface area (Å²) in [6.07, 6.45) is 0. The third kappa shape index (κ3) is 4.16. The molecule has 0 aliphatic carbocycles. The molecule has 2 rings (SSSR count). The summed E-state index contributed by atoms with van der Waals surface area (Å²) in [7, 11) is 0. The number of furan rings is 1. The van der Waals surface area contributed by atoms with Crippen LogP contribution in [0.25, 0.3) is 0 Å². The van der Waals surface area contributed by atoms with Gasteiger partial charge in [-0.3, -0.25) is 4.79 Å². The summed E-state index contributed by atoms with van der Waals surface area (Å²) in [6.45, 7) is 1.12. The molecule has 0 radical (unpaired) electrons. The Labute approximate surface area is 128 Å². The smallest absolute Gasteiger partial charge is 0.374 e. The van der Waals surface area contributed by atoms with Crippen LogP contribution in [-0.2, 0) is 9.53 Å². The van der Waals surface area contributed by atoms with Gasteiger partial charge in [-0.15, -0.1) is 0 Å². The lowest BCUT2D eigenvalue weighted by molar-refractivity contribution is -0.119. The highest BCUT2D eigenvalue weighted by Gasteiger charge is 2.14. The Balaban J connectivity index is 1.87. The molecule has 0 spiro atoms. The molecule has 1 aromatic carbocycles. The van der Waals surface area contributed by atoms with Gasteiger partial charge in [0.25, 0.3) is 5.91 Å². The summed E-state index contributed by atoms with van der Waals surface area (Å²) < 4.78 is 23.5. The van der Waals surface area contributed by atoms with E-state index in [1.807, 2.05) is 0 Å². The summed E-state index contributed by atoms with van der Waals surface area (Å²) in [6, 6.07) is 7.24. The average Bonchev–Trinajstić information content (AvgIpc) is 2.87. The van der Waals surface area contributed by atoms with Gasteiger partial charge in [0.15, 0.2) is 11.3 Å². The van der Waals surface area contributed by atoms with Crippen molar-refractivity contribution < 1.29 is 23.1 Å². The van der Waals surface area contributed by atoms with E-state index in [-0.39, 0.29) is 5.76 Å². The van der Waals surface area contributed by atoms with Crippen molar-refractivity contribution in [3.05, 3.63) is 52.1 Å². The van der Waals surface area contributed by atoms with Gasteiger partial charge in [-0.2, -0.15) is 0 Å². The first-order valence-electron chi connectivity index (χ1n) is 5.94. The van der Waals surface area contributed by atoms with Crippen LogP contribution in [0.1, 0.15) is 16.1 Å². The fourth-order valence-electron chi connectivity index (χ4n) is 1.49. The lowest BCUT2D eigenvalue weighted by Gasteiger charge is -2.06. The van der Waals surface area contributed by atoms with Crippen molar-refractivity contribution in [1.82, 2.24) is 0 Å². The van der Waals surface area contributed by atoms with E-state index in [0.717, 1.165) is 0 Å². The lowest BCUT2D eigenvalue weighted by atomic mass is 10.2. The Kier molecular flexibility index (Phi) is 4.74. The number of amides is 1. The Bertz CT molecular complexity index is 683. The molecule has 1 N–H and O–H groups in total. The molecule has 0 unspecified atom stereocenters. The van der Waals surface area contributed by atoms with Crippen LogP contribution in [0.3, 0.4) is 0 Å². The van der Waals surface area contributed by atoms with Crippen molar-refractivity contribution in [2.24, 2.45) is 0 Å². The third-order valence-corrected chi connectivity index (χ3v) is 2.99. The average molecular weight is 356 g/mol. The largest absolute Gasteiger partial charge is 0.450 e. The van der Waals surface area contributed by atoms with Crippen molar-refractivity contribution in [2.45, 2.75) is 6.92 Å². The Morgan fingerprint density at radius 3 is 2.71 bits per heavy atom. The van der Waals surface area contributed by atoms with E-state index in [0.29, 0.717) is 15.9 Å². The predicted molar refractivity (Wildman–Crippen MR) is 76.5 cm³/mol. The van der Waals surface area contributed by atoms with Crippen LogP contribution in [0, 0.1) is 12.7 Å². The summed E-state index contributed by atoms with van der Waals surface area (Å²) in [5, 5.41) is 2.43. The van der Waals surface area contributed by atoms with E-state index in [2.05, 4.69) is 21.2 Å². The molecule has 1 amide bonds. The summed E-state index contributed by atoms with van der Waals surface area (Å²) in [4.78, 5) is 23.1. The van der Waals surface area contributed by atoms with Gasteiger partial charge in [0.05, 0.1) is 0 Å². The number of esters is 1. The standard InChI is InChI=1S/C14H11BrFNO4/c1-8-2-3-9(6-10(8)16)17-13(18)7-20-14(19)11-4-5-12(15)21-11/h2-6H,7H2,1H3,(H,17,18). The van der Waals surface area contributed by atoms with Crippen molar-refractivity contribution in [3.8, 4) is 0 Å². The molecule has 5 nitrogen and oxygen atoms in total. The van der Waals surface area contributed by atoms with Gasteiger partial charge in [-0.1, -0.05) is 6.07 Å². The zero-order valence-corrected chi connectivity index (χ0v) is 12.6. The molecule has 2 aromatic rings. The van der Waals surface area contributed by atoms with Crippen molar-refractivity contribution >= 4 is 33.5 Å². The minimum Gasteiger partial charge on any atom is -0.450 e. The molecule has 0 saturated carbocycles. The number of halogens is 2. The molecule has 110 valence electrons. The van der Waals surface area contributed by atoms with Gasteiger partial charge >= 0.3 is 5.97 Å². The van der Waals surface area contributed by atoms with Gasteiger partial charge in [-0.25, -0.2) is 9.18 Å². The van der Waals surface area contributed by atoms with Crippen LogP contribution < -0.4 is 5.32 Å². The maximum Gasteiger partial charge on any atom is 0.374 e. The number of ether oxygens (including phenoxy) is 1. The quantitative estimate of drug-likeness (QED) is 0.854. The molecule has 1 aromatic heterocycles. The van der Waals surface area contributed by atoms with E-state index >= 15 is 0 Å². The number of hydrogen-bond acceptors (Lipinski definition) is 4. The fourth-order valence-corrected chi connectivity index (χ4v) is 1.80. The van der Waals surface area contributed by atoms with Crippen molar-refractivity contribution in [1.29, 1.82) is 0 Å². The predicted octanol–water partition coefficient (Wildman–Crippen LogP) is 3.29. The van der Waals surface area contributed by atoms with Crippen LogP contribution in [0.4, 0.5) is 10.1 Å². The van der Waals surface area contributed by atoms with Crippen molar-refractivity contribution in [2.75, 3.05) is 11.9 Å². The Morgan fingerprint density at radius 2 is 2.10 bits per heavy atom. The van der Waals surface area contributed by atoms with Crippen molar-refractivity contribution in [3.63, 3.8) is 0 Å². The summed E-state index contributed by atoms with van der Waals surface area (Å²) in [5.41, 5.74) is 0.766. The number of carbonyl (C=O) groups is 2. The van der Waals surface area contributed by atoms with E-state index in [4.69, 9.17) is 9.15 Å². The summed E-state index contributed by atoms with van der Waals surface area (Å²) >= 11 is 3.05. The van der Waals surface area contributed by atoms with E-state index in [9.17, 15) is 14.0 Å². The number of hydrogen-bond donors (Lipinski definition) is 1. The van der Waals surface area contributed by atoms with Gasteiger partial charge in [0.2, 0.25) is 5.76 Å². The first-order chi connectivity index (χ1) is 9.95. The molecule has 0 saturated heterocycles. The second-order valence-corrected chi connectivity index (χ2v) is 4.97. The number of anilines is 1. The van der Waals surface area contributed by atoms with E-state index < -0.39 is 24.3 Å². The van der Waals surface area contributed by atoms with Crippen LogP contribution >= 0.6 is 15.9 Å². The number of benzene rings is 1. The molecule has 0 bridgehead atoms. The second-order valence-electron chi connectivity index (χ2n) is 4.19. The first kappa shape index (κ1) is 15.2. The topological polar surface area (TPSA) is 68.5 Å². The molecule has 0 aliphatic heterocycles. The van der Waals surface area contributed by atoms with Gasteiger partial charge in [0.1, 0.15) is 5.82 Å². The highest BCUT2D eigenvalue weighted by molar-refractivity contribution is 9.10. The molecule has 1 heterocycles. The highest BCUT2D eigenvalue weighted by atomic mass is 79.9. The molecule has 0 fully saturated rings. The van der Waals surface area contributed by atoms with Crippen LogP contribution in [0.2, 0.25) is 0 Å². The van der Waals surface area contributed by atoms with E-state index in [1.54, 1.807) is 13.0 Å². The molecular weight excluding hydrogens is 345 g/mol. The SMILES string of the molecule is Cc1ccc(NC(=O)COC(=O)c2ccc(Br)o2)cc1F. The molecule has 0 atom stereocenters. The zero-order chi connectivity index (χ0) is 15.4. The minimum atomic E-state index is -0.758. The number of rotatable bonds is 4. The molecule has 21 heavy (non-hydrogen) atoms. The number of nitrogens with one attached hydrogen (secondary N) is 1. The summed E-state index contributed by atoms with van der Waals surface area (Å²) in [5.74, 6) is -1.77. The number of aryl methyl sites for hydroxylation is 1.